The van der Waals surface area contributed by atoms with Gasteiger partial charge in [0.1, 0.15) is 6.04 Å². The van der Waals surface area contributed by atoms with Gasteiger partial charge in [0, 0.05) is 25.3 Å². The Morgan fingerprint density at radius 3 is 3.21 bits per heavy atom. The first-order valence-corrected chi connectivity index (χ1v) is 7.94. The number of ether oxygens (including phenoxy) is 1. The van der Waals surface area contributed by atoms with Crippen molar-refractivity contribution in [3.8, 4) is 0 Å². The van der Waals surface area contributed by atoms with Crippen LogP contribution in [0.4, 0.5) is 0 Å². The Morgan fingerprint density at radius 1 is 1.63 bits per heavy atom. The molecule has 0 radical (unpaired) electrons. The van der Waals surface area contributed by atoms with Crippen molar-refractivity contribution in [3.05, 3.63) is 0 Å². The van der Waals surface area contributed by atoms with Gasteiger partial charge in [0.25, 0.3) is 0 Å². The number of nitrogens with zero attached hydrogens (tertiary/aromatic N) is 1. The van der Waals surface area contributed by atoms with Crippen molar-refractivity contribution in [2.24, 2.45) is 0 Å². The Hall–Kier alpha value is -0.750. The van der Waals surface area contributed by atoms with Crippen LogP contribution in [-0.2, 0) is 14.3 Å². The third-order valence-electron chi connectivity index (χ3n) is 4.28. The number of nitrogens with one attached hydrogen (secondary N) is 1. The van der Waals surface area contributed by atoms with Crippen LogP contribution in [-0.4, -0.2) is 52.6 Å². The Kier molecular flexibility index (Phi) is 3.47. The van der Waals surface area contributed by atoms with Crippen molar-refractivity contribution in [2.45, 2.75) is 49.6 Å². The lowest BCUT2D eigenvalue weighted by Crippen LogP contribution is -2.51. The predicted molar refractivity (Wildman–Crippen MR) is 72.7 cm³/mol. The van der Waals surface area contributed by atoms with Gasteiger partial charge in [-0.25, -0.2) is 0 Å². The largest absolute Gasteiger partial charge is 0.376 e. The molecule has 0 aromatic carbocycles. The molecule has 3 rings (SSSR count). The van der Waals surface area contributed by atoms with E-state index in [0.717, 1.165) is 25.9 Å². The molecule has 3 saturated heterocycles. The summed E-state index contributed by atoms with van der Waals surface area (Å²) in [4.78, 5) is 25.8. The lowest BCUT2D eigenvalue weighted by molar-refractivity contribution is -0.138. The summed E-state index contributed by atoms with van der Waals surface area (Å²) in [7, 11) is 0. The molecule has 3 aliphatic heterocycles. The van der Waals surface area contributed by atoms with Gasteiger partial charge >= 0.3 is 0 Å². The molecule has 0 saturated carbocycles. The summed E-state index contributed by atoms with van der Waals surface area (Å²) in [6.07, 6.45) is 3.66. The summed E-state index contributed by atoms with van der Waals surface area (Å²) < 4.78 is 5.49. The first-order chi connectivity index (χ1) is 9.10. The van der Waals surface area contributed by atoms with Crippen LogP contribution in [0.1, 0.15) is 32.6 Å². The maximum absolute atomic E-state index is 12.3. The van der Waals surface area contributed by atoms with Crippen LogP contribution in [0.15, 0.2) is 0 Å². The second-order valence-electron chi connectivity index (χ2n) is 5.65. The molecule has 0 aromatic heterocycles. The highest BCUT2D eigenvalue weighted by atomic mass is 32.2. The molecule has 2 amide bonds. The van der Waals surface area contributed by atoms with Crippen LogP contribution >= 0.6 is 11.8 Å². The number of hydrogen-bond acceptors (Lipinski definition) is 4. The molecule has 1 N–H and O–H groups in total. The Morgan fingerprint density at radius 2 is 2.47 bits per heavy atom. The number of fused-ring (bicyclic) bond motifs is 1. The molecule has 6 heteroatoms. The minimum atomic E-state index is -0.300. The molecule has 0 aromatic rings. The van der Waals surface area contributed by atoms with Gasteiger partial charge in [-0.2, -0.15) is 0 Å². The van der Waals surface area contributed by atoms with Crippen molar-refractivity contribution in [1.82, 2.24) is 10.2 Å². The van der Waals surface area contributed by atoms with E-state index in [0.29, 0.717) is 18.7 Å². The van der Waals surface area contributed by atoms with Gasteiger partial charge in [0.2, 0.25) is 11.8 Å². The molecule has 5 nitrogen and oxygen atoms in total. The number of rotatable bonds is 3. The topological polar surface area (TPSA) is 58.6 Å². The Bertz CT molecular complexity index is 397. The van der Waals surface area contributed by atoms with Crippen LogP contribution in [0.5, 0.6) is 0 Å². The zero-order chi connectivity index (χ0) is 13.5. The fourth-order valence-electron chi connectivity index (χ4n) is 3.15. The fourth-order valence-corrected chi connectivity index (χ4v) is 4.58. The molecule has 19 heavy (non-hydrogen) atoms. The molecule has 3 aliphatic rings. The van der Waals surface area contributed by atoms with Gasteiger partial charge in [-0.1, -0.05) is 0 Å². The first-order valence-electron chi connectivity index (χ1n) is 6.95. The average Bonchev–Trinajstić information content (AvgIpc) is 3.06. The Balaban J connectivity index is 1.59. The zero-order valence-corrected chi connectivity index (χ0v) is 12.0. The van der Waals surface area contributed by atoms with Crippen molar-refractivity contribution in [1.29, 1.82) is 0 Å². The monoisotopic (exact) mass is 284 g/mol. The van der Waals surface area contributed by atoms with Gasteiger partial charge in [-0.05, 0) is 26.2 Å². The minimum Gasteiger partial charge on any atom is -0.376 e. The SMILES string of the molecule is CC12CCC(=O)N1C(C(=O)NCC1CCCO1)CS2. The van der Waals surface area contributed by atoms with Crippen molar-refractivity contribution in [2.75, 3.05) is 18.9 Å². The smallest absolute Gasteiger partial charge is 0.243 e. The molecule has 0 aliphatic carbocycles. The van der Waals surface area contributed by atoms with Crippen LogP contribution in [0, 0.1) is 0 Å². The van der Waals surface area contributed by atoms with Crippen LogP contribution in [0.25, 0.3) is 0 Å². The highest BCUT2D eigenvalue weighted by Gasteiger charge is 2.52. The summed E-state index contributed by atoms with van der Waals surface area (Å²) in [5.41, 5.74) is 0. The molecular weight excluding hydrogens is 264 g/mol. The van der Waals surface area contributed by atoms with Crippen LogP contribution in [0.2, 0.25) is 0 Å². The number of amides is 2. The standard InChI is InChI=1S/C13H20N2O3S/c1-13-5-4-11(16)15(13)10(8-19-13)12(17)14-7-9-3-2-6-18-9/h9-10H,2-8H2,1H3,(H,14,17). The lowest BCUT2D eigenvalue weighted by atomic mass is 10.2. The first kappa shape index (κ1) is 13.2. The molecule has 3 unspecified atom stereocenters. The molecule has 3 heterocycles. The quantitative estimate of drug-likeness (QED) is 0.830. The predicted octanol–water partition coefficient (Wildman–Crippen LogP) is 0.736. The third-order valence-corrected chi connectivity index (χ3v) is 5.78. The van der Waals surface area contributed by atoms with E-state index in [1.165, 1.54) is 0 Å². The molecular formula is C13H20N2O3S. The van der Waals surface area contributed by atoms with E-state index >= 15 is 0 Å². The normalized spacial score (nSPS) is 37.7. The minimum absolute atomic E-state index is 0.0259. The Labute approximate surface area is 117 Å². The van der Waals surface area contributed by atoms with Crippen molar-refractivity contribution in [3.63, 3.8) is 0 Å². The zero-order valence-electron chi connectivity index (χ0n) is 11.2. The van der Waals surface area contributed by atoms with E-state index in [1.54, 1.807) is 16.7 Å². The summed E-state index contributed by atoms with van der Waals surface area (Å²) >= 11 is 1.73. The molecule has 3 fully saturated rings. The second-order valence-corrected chi connectivity index (χ2v) is 7.15. The van der Waals surface area contributed by atoms with Gasteiger partial charge < -0.3 is 15.0 Å². The van der Waals surface area contributed by atoms with Gasteiger partial charge in [0.15, 0.2) is 0 Å². The molecule has 0 spiro atoms. The second kappa shape index (κ2) is 4.98. The summed E-state index contributed by atoms with van der Waals surface area (Å²) in [5, 5.41) is 2.95. The van der Waals surface area contributed by atoms with Gasteiger partial charge in [0.05, 0.1) is 11.0 Å². The van der Waals surface area contributed by atoms with E-state index in [4.69, 9.17) is 4.74 Å². The summed E-state index contributed by atoms with van der Waals surface area (Å²) in [5.74, 6) is 0.798. The van der Waals surface area contributed by atoms with Crippen molar-refractivity contribution < 1.29 is 14.3 Å². The highest BCUT2D eigenvalue weighted by molar-refractivity contribution is 8.01. The van der Waals surface area contributed by atoms with Crippen LogP contribution in [0.3, 0.4) is 0 Å². The van der Waals surface area contributed by atoms with Crippen LogP contribution < -0.4 is 5.32 Å². The van der Waals surface area contributed by atoms with E-state index in [2.05, 4.69) is 12.2 Å². The number of hydrogen-bond donors (Lipinski definition) is 1. The fraction of sp³-hybridized carbons (Fsp3) is 0.846. The maximum Gasteiger partial charge on any atom is 0.243 e. The van der Waals surface area contributed by atoms with Crippen molar-refractivity contribution >= 4 is 23.6 Å². The number of carbonyl (C=O) groups excluding carboxylic acids is 2. The van der Waals surface area contributed by atoms with E-state index < -0.39 is 0 Å². The van der Waals surface area contributed by atoms with Gasteiger partial charge in [-0.15, -0.1) is 11.8 Å². The molecule has 3 atom stereocenters. The van der Waals surface area contributed by atoms with E-state index in [1.807, 2.05) is 0 Å². The number of carbonyl (C=O) groups is 2. The summed E-state index contributed by atoms with van der Waals surface area (Å²) in [6.45, 7) is 3.43. The summed E-state index contributed by atoms with van der Waals surface area (Å²) in [6, 6.07) is -0.300. The average molecular weight is 284 g/mol. The number of thioether (sulfide) groups is 1. The third kappa shape index (κ3) is 2.36. The van der Waals surface area contributed by atoms with E-state index in [-0.39, 0.29) is 28.8 Å². The lowest BCUT2D eigenvalue weighted by Gasteiger charge is -2.30. The highest BCUT2D eigenvalue weighted by Crippen LogP contribution is 2.47. The maximum atomic E-state index is 12.3. The van der Waals surface area contributed by atoms with E-state index in [9.17, 15) is 9.59 Å². The van der Waals surface area contributed by atoms with Gasteiger partial charge in [-0.3, -0.25) is 9.59 Å². The molecule has 106 valence electrons. The molecule has 0 bridgehead atoms.